The van der Waals surface area contributed by atoms with E-state index in [1.165, 1.54) is 0 Å². The molecule has 8 heteroatoms. The molecule has 0 saturated carbocycles. The van der Waals surface area contributed by atoms with Crippen molar-refractivity contribution in [1.82, 2.24) is 24.7 Å². The van der Waals surface area contributed by atoms with Gasteiger partial charge in [0, 0.05) is 50.5 Å². The first-order valence-corrected chi connectivity index (χ1v) is 15.1. The Kier molecular flexibility index (Phi) is 8.78. The van der Waals surface area contributed by atoms with E-state index in [-0.39, 0.29) is 17.1 Å². The normalized spacial score (nSPS) is 19.2. The number of piperidine rings is 1. The third kappa shape index (κ3) is 5.49. The molecule has 3 aromatic rings. The van der Waals surface area contributed by atoms with Crippen LogP contribution in [0, 0.1) is 0 Å². The van der Waals surface area contributed by atoms with Crippen LogP contribution in [-0.2, 0) is 12.1 Å². The van der Waals surface area contributed by atoms with Gasteiger partial charge in [-0.3, -0.25) is 19.2 Å². The minimum Gasteiger partial charge on any atom is -0.508 e. The fourth-order valence-corrected chi connectivity index (χ4v) is 6.83. The van der Waals surface area contributed by atoms with Crippen molar-refractivity contribution in [2.75, 3.05) is 58.3 Å². The first kappa shape index (κ1) is 28.6. The van der Waals surface area contributed by atoms with Crippen LogP contribution in [0.2, 0.25) is 0 Å². The summed E-state index contributed by atoms with van der Waals surface area (Å²) in [6, 6.07) is 14.1. The molecule has 2 aromatic carbocycles. The third-order valence-corrected chi connectivity index (χ3v) is 9.15. The van der Waals surface area contributed by atoms with E-state index < -0.39 is 0 Å². The number of fused-ring (bicyclic) bond motifs is 1. The Balaban J connectivity index is 1.45. The zero-order valence-corrected chi connectivity index (χ0v) is 24.7. The maximum absolute atomic E-state index is 13.9. The lowest BCUT2D eigenvalue weighted by molar-refractivity contribution is 0.115. The van der Waals surface area contributed by atoms with Crippen molar-refractivity contribution in [2.45, 2.75) is 64.1 Å². The summed E-state index contributed by atoms with van der Waals surface area (Å²) in [5, 5.41) is 14.3. The Bertz CT molecular complexity index is 1350. The minimum absolute atomic E-state index is 0.0674. The molecular weight excluding hydrogens is 500 g/mol. The van der Waals surface area contributed by atoms with Gasteiger partial charge in [0.1, 0.15) is 11.6 Å². The number of nitrogens with zero attached hydrogens (tertiary/aromatic N) is 5. The largest absolute Gasteiger partial charge is 0.508 e. The molecule has 1 atom stereocenters. The van der Waals surface area contributed by atoms with Gasteiger partial charge in [0.25, 0.3) is 5.56 Å². The van der Waals surface area contributed by atoms with Crippen LogP contribution in [0.1, 0.15) is 63.4 Å². The van der Waals surface area contributed by atoms with Gasteiger partial charge in [-0.2, -0.15) is 0 Å². The highest BCUT2D eigenvalue weighted by Crippen LogP contribution is 2.40. The number of aromatic hydroxyl groups is 1. The highest BCUT2D eigenvalue weighted by molar-refractivity contribution is 5.82. The number of hydrogen-bond donors (Lipinski definition) is 2. The number of anilines is 1. The number of rotatable bonds is 8. The molecule has 216 valence electrons. The van der Waals surface area contributed by atoms with E-state index in [4.69, 9.17) is 4.98 Å². The number of phenols is 1. The highest BCUT2D eigenvalue weighted by Gasteiger charge is 2.38. The average Bonchev–Trinajstić information content (AvgIpc) is 3.25. The van der Waals surface area contributed by atoms with E-state index in [2.05, 4.69) is 66.2 Å². The zero-order chi connectivity index (χ0) is 28.3. The summed E-state index contributed by atoms with van der Waals surface area (Å²) >= 11 is 0. The maximum Gasteiger partial charge on any atom is 0.261 e. The molecule has 5 rings (SSSR count). The van der Waals surface area contributed by atoms with E-state index in [9.17, 15) is 9.90 Å². The molecule has 0 radical (unpaired) electrons. The first-order chi connectivity index (χ1) is 19.4. The Hall–Kier alpha value is -2.94. The van der Waals surface area contributed by atoms with Crippen LogP contribution in [0.5, 0.6) is 5.75 Å². The van der Waals surface area contributed by atoms with Gasteiger partial charge in [0.05, 0.1) is 16.9 Å². The lowest BCUT2D eigenvalue weighted by atomic mass is 9.79. The summed E-state index contributed by atoms with van der Waals surface area (Å²) in [4.78, 5) is 26.3. The summed E-state index contributed by atoms with van der Waals surface area (Å²) in [6.07, 6.45) is 5.03. The highest BCUT2D eigenvalue weighted by atomic mass is 16.3. The van der Waals surface area contributed by atoms with Crippen LogP contribution in [0.4, 0.5) is 5.69 Å². The molecule has 0 amide bonds. The Labute approximate surface area is 238 Å². The van der Waals surface area contributed by atoms with Gasteiger partial charge in [-0.05, 0) is 89.1 Å². The molecule has 2 aliphatic rings. The van der Waals surface area contributed by atoms with Crippen LogP contribution in [0.25, 0.3) is 10.9 Å². The van der Waals surface area contributed by atoms with Crippen LogP contribution in [0.15, 0.2) is 47.3 Å². The fraction of sp³-hybridized carbons (Fsp3) is 0.562. The molecule has 0 bridgehead atoms. The van der Waals surface area contributed by atoms with Gasteiger partial charge >= 0.3 is 0 Å². The second-order valence-electron chi connectivity index (χ2n) is 11.6. The van der Waals surface area contributed by atoms with E-state index in [0.29, 0.717) is 17.7 Å². The number of nitrogens with one attached hydrogen (secondary N) is 1. The molecule has 1 unspecified atom stereocenters. The molecule has 2 saturated heterocycles. The number of benzene rings is 2. The van der Waals surface area contributed by atoms with Crippen molar-refractivity contribution in [1.29, 1.82) is 0 Å². The van der Waals surface area contributed by atoms with Gasteiger partial charge < -0.3 is 15.3 Å². The average molecular weight is 547 g/mol. The maximum atomic E-state index is 13.9. The van der Waals surface area contributed by atoms with Gasteiger partial charge in [-0.15, -0.1) is 0 Å². The Morgan fingerprint density at radius 2 is 1.85 bits per heavy atom. The molecule has 1 aromatic heterocycles. The Morgan fingerprint density at radius 1 is 1.05 bits per heavy atom. The predicted octanol–water partition coefficient (Wildman–Crippen LogP) is 4.32. The Morgan fingerprint density at radius 3 is 2.55 bits per heavy atom. The van der Waals surface area contributed by atoms with Crippen LogP contribution in [0.3, 0.4) is 0 Å². The SMILES string of the molecule is CCCC(c1nc2ccc(N3CCC(c4cccc(O)c4)(N(C)C)CC3)cc2c(=O)n1CC)N1CCCNCC1. The second kappa shape index (κ2) is 12.3. The van der Waals surface area contributed by atoms with E-state index in [1.807, 2.05) is 22.8 Å². The third-order valence-electron chi connectivity index (χ3n) is 9.15. The summed E-state index contributed by atoms with van der Waals surface area (Å²) in [7, 11) is 4.25. The lowest BCUT2D eigenvalue weighted by Gasteiger charge is -2.47. The van der Waals surface area contributed by atoms with Crippen LogP contribution in [-0.4, -0.2) is 77.8 Å². The quantitative estimate of drug-likeness (QED) is 0.436. The molecule has 3 heterocycles. The summed E-state index contributed by atoms with van der Waals surface area (Å²) in [5.41, 5.74) is 2.96. The molecule has 2 fully saturated rings. The lowest BCUT2D eigenvalue weighted by Crippen LogP contribution is -2.50. The predicted molar refractivity (Wildman–Crippen MR) is 163 cm³/mol. The van der Waals surface area contributed by atoms with Crippen LogP contribution >= 0.6 is 0 Å². The van der Waals surface area contributed by atoms with Crippen molar-refractivity contribution in [3.05, 3.63) is 64.2 Å². The van der Waals surface area contributed by atoms with Crippen molar-refractivity contribution in [3.8, 4) is 5.75 Å². The number of aromatic nitrogens is 2. The fourth-order valence-electron chi connectivity index (χ4n) is 6.83. The first-order valence-electron chi connectivity index (χ1n) is 15.1. The van der Waals surface area contributed by atoms with E-state index in [0.717, 1.165) is 94.0 Å². The molecule has 0 aliphatic carbocycles. The molecule has 2 N–H and O–H groups in total. The number of phenolic OH excluding ortho intramolecular Hbond substituents is 1. The van der Waals surface area contributed by atoms with Crippen molar-refractivity contribution in [2.24, 2.45) is 0 Å². The zero-order valence-electron chi connectivity index (χ0n) is 24.7. The smallest absolute Gasteiger partial charge is 0.261 e. The number of hydrogen-bond acceptors (Lipinski definition) is 7. The molecule has 2 aliphatic heterocycles. The molecule has 8 nitrogen and oxygen atoms in total. The van der Waals surface area contributed by atoms with Gasteiger partial charge in [0.15, 0.2) is 0 Å². The monoisotopic (exact) mass is 546 g/mol. The van der Waals surface area contributed by atoms with Crippen molar-refractivity contribution >= 4 is 16.6 Å². The van der Waals surface area contributed by atoms with Crippen molar-refractivity contribution in [3.63, 3.8) is 0 Å². The van der Waals surface area contributed by atoms with E-state index in [1.54, 1.807) is 6.07 Å². The van der Waals surface area contributed by atoms with Gasteiger partial charge in [0.2, 0.25) is 0 Å². The standard InChI is InChI=1S/C32H46N6O2/c1-5-9-29(37-18-8-16-33-17-21-37)30-34-28-13-12-25(23-27(28)31(40)38(30)6-2)36-19-14-32(15-20-36,35(3)4)24-10-7-11-26(39)22-24/h7,10-13,22-23,29,33,39H,5-6,8-9,14-21H2,1-4H3. The summed E-state index contributed by atoms with van der Waals surface area (Å²) in [5.74, 6) is 1.22. The second-order valence-corrected chi connectivity index (χ2v) is 11.6. The van der Waals surface area contributed by atoms with Crippen molar-refractivity contribution < 1.29 is 5.11 Å². The molecule has 0 spiro atoms. The topological polar surface area (TPSA) is 76.9 Å². The molecule has 40 heavy (non-hydrogen) atoms. The van der Waals surface area contributed by atoms with Gasteiger partial charge in [-0.25, -0.2) is 4.98 Å². The molecular formula is C32H46N6O2. The minimum atomic E-state index is -0.130. The summed E-state index contributed by atoms with van der Waals surface area (Å²) < 4.78 is 1.92. The van der Waals surface area contributed by atoms with Gasteiger partial charge in [-0.1, -0.05) is 25.5 Å². The van der Waals surface area contributed by atoms with E-state index >= 15 is 0 Å². The summed E-state index contributed by atoms with van der Waals surface area (Å²) in [6.45, 7) is 10.7. The van der Waals surface area contributed by atoms with Crippen LogP contribution < -0.4 is 15.8 Å².